The van der Waals surface area contributed by atoms with E-state index >= 15 is 0 Å². The van der Waals surface area contributed by atoms with E-state index in [9.17, 15) is 0 Å². The third kappa shape index (κ3) is 6.86. The number of aromatic nitrogens is 2. The van der Waals surface area contributed by atoms with Gasteiger partial charge in [-0.05, 0) is 6.07 Å². The van der Waals surface area contributed by atoms with Crippen molar-refractivity contribution < 1.29 is 53.5 Å². The van der Waals surface area contributed by atoms with Crippen LogP contribution in [0.2, 0.25) is 0 Å². The summed E-state index contributed by atoms with van der Waals surface area (Å²) in [6, 6.07) is 16.0. The van der Waals surface area contributed by atoms with E-state index in [1.807, 2.05) is 49.1 Å². The minimum atomic E-state index is 0. The lowest BCUT2D eigenvalue weighted by Gasteiger charge is -2.02. The van der Waals surface area contributed by atoms with Crippen molar-refractivity contribution in [3.63, 3.8) is 0 Å². The second kappa shape index (κ2) is 12.0. The van der Waals surface area contributed by atoms with Crippen LogP contribution in [0.1, 0.15) is 22.3 Å². The van der Waals surface area contributed by atoms with Gasteiger partial charge in [-0.15, -0.1) is 0 Å². The molecule has 0 saturated heterocycles. The fourth-order valence-electron chi connectivity index (χ4n) is 2.70. The van der Waals surface area contributed by atoms with E-state index in [2.05, 4.69) is 43.7 Å². The quantitative estimate of drug-likeness (QED) is 0.154. The minimum Gasteiger partial charge on any atom is -1.00 e. The van der Waals surface area contributed by atoms with Gasteiger partial charge in [-0.1, -0.05) is 28.5 Å². The first-order chi connectivity index (χ1) is 12.8. The van der Waals surface area contributed by atoms with Crippen LogP contribution in [0.15, 0.2) is 83.6 Å². The molecule has 0 saturated carbocycles. The van der Waals surface area contributed by atoms with Crippen LogP contribution in [0, 0.1) is 0 Å². The molecule has 8 heteroatoms. The topological polar surface area (TPSA) is 72.9 Å². The summed E-state index contributed by atoms with van der Waals surface area (Å²) in [5.41, 5.74) is 4.12. The Hall–Kier alpha value is -2.58. The number of pyridine rings is 2. The van der Waals surface area contributed by atoms with Crippen LogP contribution in [0.3, 0.4) is 0 Å². The number of hydrogen-bond donors (Lipinski definition) is 2. The van der Waals surface area contributed by atoms with Crippen LogP contribution in [0.4, 0.5) is 0 Å². The summed E-state index contributed by atoms with van der Waals surface area (Å²) in [5, 5.41) is 23.2. The van der Waals surface area contributed by atoms with E-state index in [0.717, 1.165) is 24.2 Å². The highest BCUT2D eigenvalue weighted by Crippen LogP contribution is 2.05. The molecule has 3 rings (SSSR count). The van der Waals surface area contributed by atoms with Gasteiger partial charge in [0.25, 0.3) is 0 Å². The Morgan fingerprint density at radius 3 is 1.43 bits per heavy atom. The molecule has 0 atom stereocenters. The van der Waals surface area contributed by atoms with E-state index in [-0.39, 0.29) is 34.0 Å². The van der Waals surface area contributed by atoms with Gasteiger partial charge in [0.05, 0.1) is 12.4 Å². The number of halogens is 2. The Morgan fingerprint density at radius 1 is 0.679 bits per heavy atom. The van der Waals surface area contributed by atoms with Gasteiger partial charge in [0.1, 0.15) is 0 Å². The zero-order valence-electron chi connectivity index (χ0n) is 14.9. The first-order valence-electron chi connectivity index (χ1n) is 8.18. The molecule has 0 spiro atoms. The van der Waals surface area contributed by atoms with Gasteiger partial charge in [0.15, 0.2) is 37.9 Å². The van der Waals surface area contributed by atoms with Crippen LogP contribution >= 0.6 is 0 Å². The molecule has 28 heavy (non-hydrogen) atoms. The summed E-state index contributed by atoms with van der Waals surface area (Å²) >= 11 is 0. The molecule has 6 nitrogen and oxygen atoms in total. The van der Waals surface area contributed by atoms with Gasteiger partial charge >= 0.3 is 0 Å². The summed E-state index contributed by atoms with van der Waals surface area (Å²) in [6.45, 7) is 1.53. The second-order valence-corrected chi connectivity index (χ2v) is 5.92. The lowest BCUT2D eigenvalue weighted by Crippen LogP contribution is -3.00. The molecular formula is C20H20Br2N4O2. The molecule has 146 valence electrons. The minimum absolute atomic E-state index is 0. The highest BCUT2D eigenvalue weighted by molar-refractivity contribution is 5.78. The summed E-state index contributed by atoms with van der Waals surface area (Å²) in [7, 11) is 0. The van der Waals surface area contributed by atoms with Crippen molar-refractivity contribution in [2.45, 2.75) is 13.1 Å². The maximum atomic E-state index is 8.56. The molecule has 1 aromatic carbocycles. The van der Waals surface area contributed by atoms with E-state index in [4.69, 9.17) is 10.4 Å². The molecule has 0 radical (unpaired) electrons. The number of nitrogens with zero attached hydrogens (tertiary/aromatic N) is 4. The monoisotopic (exact) mass is 506 g/mol. The molecule has 3 aromatic rings. The molecule has 0 aliphatic rings. The maximum Gasteiger partial charge on any atom is 0.173 e. The predicted molar refractivity (Wildman–Crippen MR) is 96.7 cm³/mol. The standard InChI is InChI=1S/C20H18N4O2.2BrH/c25-21-13-17-4-8-23(9-5-17)15-19-2-1-3-20(12-19)16-24-10-6-18(7-11-24)14-22-26;;/h1-14H,15-16H2;2*1H. The molecule has 0 amide bonds. The fourth-order valence-corrected chi connectivity index (χ4v) is 2.70. The van der Waals surface area contributed by atoms with Gasteiger partial charge in [-0.3, -0.25) is 0 Å². The molecular weight excluding hydrogens is 488 g/mol. The number of rotatable bonds is 6. The lowest BCUT2D eigenvalue weighted by molar-refractivity contribution is -0.689. The summed E-state index contributed by atoms with van der Waals surface area (Å²) < 4.78 is 4.15. The molecule has 2 aromatic heterocycles. The molecule has 2 heterocycles. The smallest absolute Gasteiger partial charge is 0.173 e. The Morgan fingerprint density at radius 2 is 1.07 bits per heavy atom. The SMILES string of the molecule is O/N=C/c1cc[n+](Cc2cccc(C[n+]3ccc(/C=N/O)cc3)c2)cc1.[Br-].[Br-]. The van der Waals surface area contributed by atoms with Crippen molar-refractivity contribution in [3.05, 3.63) is 95.6 Å². The molecule has 0 unspecified atom stereocenters. The van der Waals surface area contributed by atoms with Gasteiger partial charge < -0.3 is 44.4 Å². The molecule has 2 N–H and O–H groups in total. The van der Waals surface area contributed by atoms with Crippen LogP contribution < -0.4 is 43.1 Å². The number of hydrogen-bond acceptors (Lipinski definition) is 4. The van der Waals surface area contributed by atoms with Crippen molar-refractivity contribution in [1.29, 1.82) is 0 Å². The van der Waals surface area contributed by atoms with Crippen molar-refractivity contribution >= 4 is 12.4 Å². The Balaban J connectivity index is 0.00000196. The summed E-state index contributed by atoms with van der Waals surface area (Å²) in [6.07, 6.45) is 10.6. The first kappa shape index (κ1) is 23.5. The van der Waals surface area contributed by atoms with E-state index < -0.39 is 0 Å². The zero-order valence-corrected chi connectivity index (χ0v) is 18.1. The third-order valence-corrected chi connectivity index (χ3v) is 3.97. The van der Waals surface area contributed by atoms with Gasteiger partial charge in [-0.25, -0.2) is 9.13 Å². The Kier molecular flexibility index (Phi) is 10.0. The van der Waals surface area contributed by atoms with Crippen molar-refractivity contribution in [3.8, 4) is 0 Å². The highest BCUT2D eigenvalue weighted by atomic mass is 79.9. The van der Waals surface area contributed by atoms with E-state index in [0.29, 0.717) is 0 Å². The number of benzene rings is 1. The van der Waals surface area contributed by atoms with Gasteiger partial charge in [0.2, 0.25) is 0 Å². The van der Waals surface area contributed by atoms with E-state index in [1.165, 1.54) is 23.6 Å². The van der Waals surface area contributed by atoms with Gasteiger partial charge in [0, 0.05) is 46.5 Å². The normalized spacial score (nSPS) is 10.6. The molecule has 0 aliphatic carbocycles. The zero-order chi connectivity index (χ0) is 18.2. The molecule has 0 bridgehead atoms. The van der Waals surface area contributed by atoms with Crippen LogP contribution in [0.25, 0.3) is 0 Å². The van der Waals surface area contributed by atoms with Crippen molar-refractivity contribution in [1.82, 2.24) is 0 Å². The highest BCUT2D eigenvalue weighted by Gasteiger charge is 2.07. The predicted octanol–water partition coefficient (Wildman–Crippen LogP) is -4.02. The third-order valence-electron chi connectivity index (χ3n) is 3.97. The fraction of sp³-hybridized carbons (Fsp3) is 0.100. The molecule has 0 aliphatic heterocycles. The largest absolute Gasteiger partial charge is 1.00 e. The Labute approximate surface area is 184 Å². The molecule has 0 fully saturated rings. The van der Waals surface area contributed by atoms with Crippen molar-refractivity contribution in [2.24, 2.45) is 10.3 Å². The summed E-state index contributed by atoms with van der Waals surface area (Å²) in [5.74, 6) is 0. The van der Waals surface area contributed by atoms with Crippen molar-refractivity contribution in [2.75, 3.05) is 0 Å². The van der Waals surface area contributed by atoms with E-state index in [1.54, 1.807) is 0 Å². The lowest BCUT2D eigenvalue weighted by atomic mass is 10.1. The van der Waals surface area contributed by atoms with Gasteiger partial charge in [-0.2, -0.15) is 0 Å². The first-order valence-corrected chi connectivity index (χ1v) is 8.18. The van der Waals surface area contributed by atoms with Crippen LogP contribution in [-0.2, 0) is 13.1 Å². The van der Waals surface area contributed by atoms with Crippen LogP contribution in [0.5, 0.6) is 0 Å². The average Bonchev–Trinajstić information content (AvgIpc) is 2.66. The number of oxime groups is 2. The van der Waals surface area contributed by atoms with Crippen LogP contribution in [-0.4, -0.2) is 22.8 Å². The average molecular weight is 508 g/mol. The second-order valence-electron chi connectivity index (χ2n) is 5.92. The maximum absolute atomic E-state index is 8.56. The summed E-state index contributed by atoms with van der Waals surface area (Å²) in [4.78, 5) is 0. The Bertz CT molecular complexity index is 841.